The molecule has 2 heterocycles. The van der Waals surface area contributed by atoms with Gasteiger partial charge in [0, 0.05) is 18.0 Å². The molecule has 10 nitrogen and oxygen atoms in total. The lowest BCUT2D eigenvalue weighted by molar-refractivity contribution is 0.0511. The first-order valence-electron chi connectivity index (χ1n) is 6.05. The summed E-state index contributed by atoms with van der Waals surface area (Å²) in [4.78, 5) is 27.9. The number of esters is 1. The third-order valence-corrected chi connectivity index (χ3v) is 2.50. The van der Waals surface area contributed by atoms with Gasteiger partial charge in [-0.25, -0.2) is 9.78 Å². The molecule has 0 saturated carbocycles. The van der Waals surface area contributed by atoms with E-state index in [9.17, 15) is 4.79 Å². The number of morpholine rings is 1. The highest BCUT2D eigenvalue weighted by molar-refractivity contribution is 5.85. The number of azide groups is 1. The zero-order valence-corrected chi connectivity index (χ0v) is 10.9. The van der Waals surface area contributed by atoms with Crippen LogP contribution in [0.2, 0.25) is 0 Å². The van der Waals surface area contributed by atoms with Crippen molar-refractivity contribution in [3.05, 3.63) is 16.3 Å². The molecule has 0 radical (unpaired) electrons. The fourth-order valence-electron chi connectivity index (χ4n) is 1.63. The molecule has 1 saturated heterocycles. The Labute approximate surface area is 114 Å². The number of aromatic nitrogens is 3. The summed E-state index contributed by atoms with van der Waals surface area (Å²) in [5, 5.41) is 3.32. The first-order chi connectivity index (χ1) is 9.74. The molecule has 0 unspecified atom stereocenters. The number of nitrogens with zero attached hydrogens (tertiary/aromatic N) is 7. The van der Waals surface area contributed by atoms with Crippen LogP contribution >= 0.6 is 0 Å². The molecule has 1 aromatic rings. The molecule has 1 fully saturated rings. The SMILES string of the molecule is CCOC(=O)c1nc(N=[N+]=[N-])nc(N2CCOCC2)n1. The minimum Gasteiger partial charge on any atom is -0.460 e. The summed E-state index contributed by atoms with van der Waals surface area (Å²) in [6, 6.07) is 0. The normalized spacial score (nSPS) is 14.6. The van der Waals surface area contributed by atoms with Gasteiger partial charge in [0.15, 0.2) is 0 Å². The Bertz CT molecular complexity index is 538. The van der Waals surface area contributed by atoms with Crippen LogP contribution in [0.1, 0.15) is 17.5 Å². The monoisotopic (exact) mass is 279 g/mol. The highest BCUT2D eigenvalue weighted by Gasteiger charge is 2.19. The number of anilines is 1. The van der Waals surface area contributed by atoms with E-state index in [0.29, 0.717) is 26.3 Å². The van der Waals surface area contributed by atoms with Crippen LogP contribution in [0.25, 0.3) is 10.4 Å². The van der Waals surface area contributed by atoms with Gasteiger partial charge in [-0.2, -0.15) is 9.97 Å². The maximum absolute atomic E-state index is 11.7. The van der Waals surface area contributed by atoms with Gasteiger partial charge in [-0.3, -0.25) is 0 Å². The van der Waals surface area contributed by atoms with Gasteiger partial charge in [0.1, 0.15) is 0 Å². The van der Waals surface area contributed by atoms with Gasteiger partial charge in [0.05, 0.1) is 19.8 Å². The average Bonchev–Trinajstić information content (AvgIpc) is 2.48. The van der Waals surface area contributed by atoms with Gasteiger partial charge in [-0.05, 0) is 17.6 Å². The topological polar surface area (TPSA) is 126 Å². The Hall–Kier alpha value is -2.45. The second kappa shape index (κ2) is 6.64. The molecule has 0 spiro atoms. The van der Waals surface area contributed by atoms with Crippen molar-refractivity contribution in [2.75, 3.05) is 37.8 Å². The number of hydrogen-bond acceptors (Lipinski definition) is 8. The molecular formula is C10H13N7O3. The van der Waals surface area contributed by atoms with Crippen molar-refractivity contribution >= 4 is 17.9 Å². The summed E-state index contributed by atoms with van der Waals surface area (Å²) in [5.74, 6) is -0.745. The molecule has 1 aliphatic heterocycles. The van der Waals surface area contributed by atoms with Gasteiger partial charge in [-0.1, -0.05) is 0 Å². The zero-order valence-electron chi connectivity index (χ0n) is 10.9. The highest BCUT2D eigenvalue weighted by Crippen LogP contribution is 2.15. The van der Waals surface area contributed by atoms with Crippen molar-refractivity contribution in [2.45, 2.75) is 6.92 Å². The second-order valence-corrected chi connectivity index (χ2v) is 3.77. The molecule has 2 rings (SSSR count). The minimum absolute atomic E-state index is 0.160. The van der Waals surface area contributed by atoms with Gasteiger partial charge in [-0.15, -0.1) is 0 Å². The zero-order chi connectivity index (χ0) is 14.4. The van der Waals surface area contributed by atoms with E-state index in [-0.39, 0.29) is 24.3 Å². The van der Waals surface area contributed by atoms with Crippen LogP contribution in [0.5, 0.6) is 0 Å². The quantitative estimate of drug-likeness (QED) is 0.345. The number of rotatable bonds is 4. The standard InChI is InChI=1S/C10H13N7O3/c1-2-20-8(18)7-12-9(15-16-11)14-10(13-7)17-3-5-19-6-4-17/h2-6H2,1H3. The van der Waals surface area contributed by atoms with Crippen LogP contribution in [0.3, 0.4) is 0 Å². The minimum atomic E-state index is -0.682. The third kappa shape index (κ3) is 3.31. The van der Waals surface area contributed by atoms with E-state index < -0.39 is 5.97 Å². The van der Waals surface area contributed by atoms with E-state index >= 15 is 0 Å². The predicted octanol–water partition coefficient (Wildman–Crippen LogP) is 0.827. The Kier molecular flexibility index (Phi) is 4.64. The fraction of sp³-hybridized carbons (Fsp3) is 0.600. The average molecular weight is 279 g/mol. The summed E-state index contributed by atoms with van der Waals surface area (Å²) >= 11 is 0. The van der Waals surface area contributed by atoms with Gasteiger partial charge >= 0.3 is 5.97 Å². The first-order valence-corrected chi connectivity index (χ1v) is 6.05. The summed E-state index contributed by atoms with van der Waals surface area (Å²) in [6.45, 7) is 4.13. The van der Waals surface area contributed by atoms with E-state index in [1.807, 2.05) is 4.90 Å². The molecular weight excluding hydrogens is 266 g/mol. The second-order valence-electron chi connectivity index (χ2n) is 3.77. The molecule has 1 aliphatic rings. The molecule has 10 heteroatoms. The Morgan fingerprint density at radius 1 is 1.45 bits per heavy atom. The molecule has 0 aliphatic carbocycles. The number of carbonyl (C=O) groups excluding carboxylic acids is 1. The lowest BCUT2D eigenvalue weighted by Crippen LogP contribution is -2.37. The predicted molar refractivity (Wildman–Crippen MR) is 67.6 cm³/mol. The number of hydrogen-bond donors (Lipinski definition) is 0. The van der Waals surface area contributed by atoms with Gasteiger partial charge in [0.2, 0.25) is 17.7 Å². The molecule has 0 bridgehead atoms. The fourth-order valence-corrected chi connectivity index (χ4v) is 1.63. The molecule has 0 atom stereocenters. The van der Waals surface area contributed by atoms with Crippen molar-refractivity contribution in [3.63, 3.8) is 0 Å². The van der Waals surface area contributed by atoms with Gasteiger partial charge < -0.3 is 14.4 Å². The largest absolute Gasteiger partial charge is 0.460 e. The van der Waals surface area contributed by atoms with Crippen LogP contribution in [0.15, 0.2) is 5.11 Å². The van der Waals surface area contributed by atoms with E-state index in [1.54, 1.807) is 6.92 Å². The van der Waals surface area contributed by atoms with Gasteiger partial charge in [0.25, 0.3) is 0 Å². The van der Waals surface area contributed by atoms with Crippen molar-refractivity contribution in [3.8, 4) is 0 Å². The summed E-state index contributed by atoms with van der Waals surface area (Å²) in [5.41, 5.74) is 8.46. The van der Waals surface area contributed by atoms with Crippen molar-refractivity contribution in [1.82, 2.24) is 15.0 Å². The third-order valence-electron chi connectivity index (χ3n) is 2.50. The van der Waals surface area contributed by atoms with E-state index in [0.717, 1.165) is 0 Å². The molecule has 0 amide bonds. The van der Waals surface area contributed by atoms with E-state index in [2.05, 4.69) is 25.0 Å². The molecule has 0 N–H and O–H groups in total. The highest BCUT2D eigenvalue weighted by atomic mass is 16.5. The smallest absolute Gasteiger partial charge is 0.376 e. The first kappa shape index (κ1) is 14.0. The summed E-state index contributed by atoms with van der Waals surface area (Å²) in [7, 11) is 0. The maximum Gasteiger partial charge on any atom is 0.376 e. The number of ether oxygens (including phenoxy) is 2. The number of carbonyl (C=O) groups is 1. The van der Waals surface area contributed by atoms with E-state index in [4.69, 9.17) is 15.0 Å². The lowest BCUT2D eigenvalue weighted by atomic mass is 10.4. The van der Waals surface area contributed by atoms with Crippen molar-refractivity contribution < 1.29 is 14.3 Å². The van der Waals surface area contributed by atoms with Crippen molar-refractivity contribution in [2.24, 2.45) is 5.11 Å². The Balaban J connectivity index is 2.34. The molecule has 1 aromatic heterocycles. The summed E-state index contributed by atoms with van der Waals surface area (Å²) in [6.07, 6.45) is 0. The summed E-state index contributed by atoms with van der Waals surface area (Å²) < 4.78 is 10.1. The Morgan fingerprint density at radius 3 is 2.85 bits per heavy atom. The van der Waals surface area contributed by atoms with Crippen LogP contribution in [-0.4, -0.2) is 53.8 Å². The maximum atomic E-state index is 11.7. The van der Waals surface area contributed by atoms with Crippen LogP contribution in [0.4, 0.5) is 11.9 Å². The van der Waals surface area contributed by atoms with E-state index in [1.165, 1.54) is 0 Å². The van der Waals surface area contributed by atoms with Crippen LogP contribution in [-0.2, 0) is 9.47 Å². The molecule has 106 valence electrons. The molecule has 0 aromatic carbocycles. The lowest BCUT2D eigenvalue weighted by Gasteiger charge is -2.26. The Morgan fingerprint density at radius 2 is 2.20 bits per heavy atom. The van der Waals surface area contributed by atoms with Crippen molar-refractivity contribution in [1.29, 1.82) is 0 Å². The van der Waals surface area contributed by atoms with Crippen LogP contribution in [0, 0.1) is 0 Å². The van der Waals surface area contributed by atoms with Crippen LogP contribution < -0.4 is 4.90 Å². The molecule has 20 heavy (non-hydrogen) atoms.